The number of aromatic nitrogens is 2. The second-order valence-corrected chi connectivity index (χ2v) is 7.62. The van der Waals surface area contributed by atoms with Crippen LogP contribution in [0.3, 0.4) is 0 Å². The Bertz CT molecular complexity index is 846. The first-order valence-corrected chi connectivity index (χ1v) is 9.50. The molecule has 2 aromatic heterocycles. The predicted molar refractivity (Wildman–Crippen MR) is 97.1 cm³/mol. The monoisotopic (exact) mass is 354 g/mol. The van der Waals surface area contributed by atoms with Crippen molar-refractivity contribution in [1.29, 1.82) is 0 Å². The highest BCUT2D eigenvalue weighted by Gasteiger charge is 2.51. The molecule has 26 heavy (non-hydrogen) atoms. The predicted octanol–water partition coefficient (Wildman–Crippen LogP) is 2.89. The number of hydrogen-bond donors (Lipinski definition) is 0. The highest BCUT2D eigenvalue weighted by atomic mass is 19.1. The third kappa shape index (κ3) is 2.07. The number of anilines is 1. The summed E-state index contributed by atoms with van der Waals surface area (Å²) in [6.07, 6.45) is 7.80. The topological polar surface area (TPSA) is 41.4 Å². The van der Waals surface area contributed by atoms with Crippen molar-refractivity contribution in [2.24, 2.45) is 5.92 Å². The van der Waals surface area contributed by atoms with E-state index < -0.39 is 6.67 Å². The van der Waals surface area contributed by atoms with Crippen molar-refractivity contribution in [2.45, 2.75) is 31.2 Å². The smallest absolute Gasteiger partial charge is 0.225 e. The number of hydrogen-bond acceptors (Lipinski definition) is 3. The molecule has 0 radical (unpaired) electrons. The van der Waals surface area contributed by atoms with Gasteiger partial charge in [-0.25, -0.2) is 9.37 Å². The van der Waals surface area contributed by atoms with E-state index in [1.165, 1.54) is 0 Å². The number of nitrogens with zero attached hydrogens (tertiary/aromatic N) is 4. The van der Waals surface area contributed by atoms with Crippen molar-refractivity contribution < 1.29 is 9.18 Å². The maximum absolute atomic E-state index is 13.5. The number of likely N-dealkylation sites (tertiary alicyclic amines) is 1. The van der Waals surface area contributed by atoms with Crippen molar-refractivity contribution in [2.75, 3.05) is 31.2 Å². The lowest BCUT2D eigenvalue weighted by Crippen LogP contribution is -2.54. The summed E-state index contributed by atoms with van der Waals surface area (Å²) in [5, 5.41) is 0. The molecular weight excluding hydrogens is 331 g/mol. The van der Waals surface area contributed by atoms with Crippen LogP contribution in [0.15, 0.2) is 36.7 Å². The number of alkyl halides is 1. The first-order valence-electron chi connectivity index (χ1n) is 9.50. The zero-order valence-corrected chi connectivity index (χ0v) is 14.8. The van der Waals surface area contributed by atoms with Crippen molar-refractivity contribution in [3.05, 3.63) is 42.4 Å². The molecule has 0 aromatic carbocycles. The highest BCUT2D eigenvalue weighted by Crippen LogP contribution is 2.47. The molecule has 1 saturated carbocycles. The van der Waals surface area contributed by atoms with Gasteiger partial charge in [0.05, 0.1) is 11.4 Å². The van der Waals surface area contributed by atoms with Gasteiger partial charge < -0.3 is 14.4 Å². The second kappa shape index (κ2) is 5.83. The minimum Gasteiger partial charge on any atom is -0.353 e. The van der Waals surface area contributed by atoms with Gasteiger partial charge in [0.15, 0.2) is 5.82 Å². The molecule has 2 aliphatic heterocycles. The number of carbonyl (C=O) groups excluding carboxylic acids is 1. The zero-order chi connectivity index (χ0) is 17.7. The summed E-state index contributed by atoms with van der Waals surface area (Å²) >= 11 is 0. The molecule has 1 spiro atoms. The molecule has 2 fully saturated rings. The molecule has 136 valence electrons. The summed E-state index contributed by atoms with van der Waals surface area (Å²) in [4.78, 5) is 21.5. The molecule has 3 aliphatic rings. The molecule has 0 N–H and O–H groups in total. The molecule has 2 aromatic rings. The van der Waals surface area contributed by atoms with Crippen LogP contribution in [0.1, 0.15) is 31.4 Å². The average Bonchev–Trinajstić information content (AvgIpc) is 3.26. The quantitative estimate of drug-likeness (QED) is 0.851. The number of amides is 1. The van der Waals surface area contributed by atoms with Gasteiger partial charge in [-0.15, -0.1) is 0 Å². The number of rotatable bonds is 3. The minimum absolute atomic E-state index is 0.198. The van der Waals surface area contributed by atoms with Crippen LogP contribution in [-0.4, -0.2) is 46.7 Å². The first kappa shape index (κ1) is 15.9. The van der Waals surface area contributed by atoms with E-state index in [2.05, 4.69) is 20.5 Å². The largest absolute Gasteiger partial charge is 0.353 e. The van der Waals surface area contributed by atoms with Gasteiger partial charge in [0.1, 0.15) is 12.2 Å². The Labute approximate surface area is 152 Å². The van der Waals surface area contributed by atoms with E-state index in [0.717, 1.165) is 49.4 Å². The van der Waals surface area contributed by atoms with Gasteiger partial charge in [0.2, 0.25) is 5.91 Å². The van der Waals surface area contributed by atoms with E-state index in [1.54, 1.807) is 6.20 Å². The van der Waals surface area contributed by atoms with Crippen molar-refractivity contribution in [3.63, 3.8) is 0 Å². The standard InChI is InChI=1S/C20H23FN4O/c21-9-13-25-16-6-2-10-22-18(16)24-11-3-7-17(24)20(25)8-12-23(14-20)19(26)15-4-1-5-15/h2-3,6-7,10-11,15H,1,4-5,8-9,12-14H2/t20-/m1/s1. The molecule has 4 heterocycles. The van der Waals surface area contributed by atoms with Crippen molar-refractivity contribution in [1.82, 2.24) is 14.5 Å². The summed E-state index contributed by atoms with van der Waals surface area (Å²) in [5.74, 6) is 1.32. The lowest BCUT2D eigenvalue weighted by Gasteiger charge is -2.47. The average molecular weight is 354 g/mol. The van der Waals surface area contributed by atoms with Crippen LogP contribution in [0.25, 0.3) is 5.82 Å². The summed E-state index contributed by atoms with van der Waals surface area (Å²) < 4.78 is 15.6. The fourth-order valence-corrected chi connectivity index (χ4v) is 4.84. The fraction of sp³-hybridized carbons (Fsp3) is 0.500. The third-order valence-corrected chi connectivity index (χ3v) is 6.35. The van der Waals surface area contributed by atoms with Crippen LogP contribution in [0.2, 0.25) is 0 Å². The normalized spacial score (nSPS) is 24.5. The molecule has 0 unspecified atom stereocenters. The molecule has 1 aliphatic carbocycles. The molecule has 5 nitrogen and oxygen atoms in total. The van der Waals surface area contributed by atoms with Gasteiger partial charge >= 0.3 is 0 Å². The Morgan fingerprint density at radius 3 is 2.96 bits per heavy atom. The van der Waals surface area contributed by atoms with Crippen LogP contribution < -0.4 is 4.90 Å². The molecule has 5 rings (SSSR count). The van der Waals surface area contributed by atoms with Gasteiger partial charge in [0.25, 0.3) is 0 Å². The number of carbonyl (C=O) groups is 1. The second-order valence-electron chi connectivity index (χ2n) is 7.62. The van der Waals surface area contributed by atoms with E-state index in [9.17, 15) is 9.18 Å². The van der Waals surface area contributed by atoms with Crippen LogP contribution in [0.4, 0.5) is 10.1 Å². The molecule has 1 atom stereocenters. The Morgan fingerprint density at radius 1 is 1.31 bits per heavy atom. The van der Waals surface area contributed by atoms with Gasteiger partial charge in [0, 0.05) is 37.9 Å². The molecule has 6 heteroatoms. The molecular formula is C20H23FN4O. The molecule has 1 saturated heterocycles. The van der Waals surface area contributed by atoms with Gasteiger partial charge in [-0.05, 0) is 43.5 Å². The first-order chi connectivity index (χ1) is 12.7. The molecule has 1 amide bonds. The Balaban J connectivity index is 1.58. The van der Waals surface area contributed by atoms with Crippen LogP contribution in [0.5, 0.6) is 0 Å². The summed E-state index contributed by atoms with van der Waals surface area (Å²) in [7, 11) is 0. The van der Waals surface area contributed by atoms with E-state index in [0.29, 0.717) is 13.1 Å². The lowest BCUT2D eigenvalue weighted by atomic mass is 9.84. The van der Waals surface area contributed by atoms with Gasteiger partial charge in [-0.1, -0.05) is 6.42 Å². The van der Waals surface area contributed by atoms with E-state index in [1.807, 2.05) is 29.3 Å². The van der Waals surface area contributed by atoms with Gasteiger partial charge in [-0.3, -0.25) is 4.79 Å². The summed E-state index contributed by atoms with van der Waals surface area (Å²) in [6, 6.07) is 8.03. The molecule has 0 bridgehead atoms. The SMILES string of the molecule is O=C(C1CCC1)N1CC[C@@]2(C1)c1cccn1-c1ncccc1N2CCF. The number of pyridine rings is 1. The maximum atomic E-state index is 13.5. The summed E-state index contributed by atoms with van der Waals surface area (Å²) in [6.45, 7) is 1.25. The maximum Gasteiger partial charge on any atom is 0.225 e. The van der Waals surface area contributed by atoms with Crippen molar-refractivity contribution in [3.8, 4) is 5.82 Å². The Morgan fingerprint density at radius 2 is 2.19 bits per heavy atom. The zero-order valence-electron chi connectivity index (χ0n) is 14.8. The van der Waals surface area contributed by atoms with E-state index in [-0.39, 0.29) is 17.4 Å². The Hall–Kier alpha value is -2.37. The van der Waals surface area contributed by atoms with Crippen LogP contribution in [-0.2, 0) is 10.3 Å². The number of fused-ring (bicyclic) bond motifs is 4. The minimum atomic E-state index is -0.423. The third-order valence-electron chi connectivity index (χ3n) is 6.35. The lowest BCUT2D eigenvalue weighted by molar-refractivity contribution is -0.137. The fourth-order valence-electron chi connectivity index (χ4n) is 4.84. The van der Waals surface area contributed by atoms with Crippen molar-refractivity contribution >= 4 is 11.6 Å². The Kier molecular flexibility index (Phi) is 3.55. The highest BCUT2D eigenvalue weighted by molar-refractivity contribution is 5.80. The van der Waals surface area contributed by atoms with E-state index in [4.69, 9.17) is 0 Å². The van der Waals surface area contributed by atoms with E-state index >= 15 is 0 Å². The van der Waals surface area contributed by atoms with Crippen LogP contribution in [0, 0.1) is 5.92 Å². The summed E-state index contributed by atoms with van der Waals surface area (Å²) in [5.41, 5.74) is 1.69. The van der Waals surface area contributed by atoms with Crippen LogP contribution >= 0.6 is 0 Å². The number of halogens is 1. The van der Waals surface area contributed by atoms with Gasteiger partial charge in [-0.2, -0.15) is 0 Å².